The van der Waals surface area contributed by atoms with E-state index in [0.717, 1.165) is 31.7 Å². The summed E-state index contributed by atoms with van der Waals surface area (Å²) < 4.78 is 1.89. The van der Waals surface area contributed by atoms with E-state index in [1.165, 1.54) is 0 Å². The molecule has 0 aliphatic carbocycles. The van der Waals surface area contributed by atoms with Gasteiger partial charge in [-0.3, -0.25) is 4.79 Å². The summed E-state index contributed by atoms with van der Waals surface area (Å²) in [6.45, 7) is 2.22. The molecule has 0 saturated carbocycles. The van der Waals surface area contributed by atoms with Crippen molar-refractivity contribution < 1.29 is 4.79 Å². The van der Waals surface area contributed by atoms with Crippen LogP contribution >= 0.6 is 0 Å². The Bertz CT molecular complexity index is 564. The van der Waals surface area contributed by atoms with E-state index in [0.29, 0.717) is 11.8 Å². The van der Waals surface area contributed by atoms with Crippen LogP contribution in [0.25, 0.3) is 0 Å². The molecule has 2 bridgehead atoms. The minimum atomic E-state index is 0.0708. The number of amides is 2. The highest BCUT2D eigenvalue weighted by atomic mass is 16.2. The topological polar surface area (TPSA) is 45.6 Å². The molecule has 5 heteroatoms. The van der Waals surface area contributed by atoms with E-state index in [1.54, 1.807) is 25.1 Å². The van der Waals surface area contributed by atoms with E-state index >= 15 is 0 Å². The molecule has 1 fully saturated rings. The molecule has 3 rings (SSSR count). The van der Waals surface area contributed by atoms with Crippen molar-refractivity contribution in [2.45, 2.75) is 18.9 Å². The molecule has 2 amide bonds. The summed E-state index contributed by atoms with van der Waals surface area (Å²) in [5.41, 5.74) is 1.17. The van der Waals surface area contributed by atoms with Crippen molar-refractivity contribution in [1.29, 1.82) is 0 Å². The van der Waals surface area contributed by atoms with Crippen LogP contribution < -0.4 is 5.56 Å². The molecule has 0 unspecified atom stereocenters. The third-order valence-electron chi connectivity index (χ3n) is 4.13. The van der Waals surface area contributed by atoms with Crippen molar-refractivity contribution in [1.82, 2.24) is 14.4 Å². The Kier molecular flexibility index (Phi) is 2.84. The number of pyridine rings is 1. The van der Waals surface area contributed by atoms with Crippen LogP contribution in [0, 0.1) is 5.92 Å². The second kappa shape index (κ2) is 4.40. The molecule has 102 valence electrons. The second-order valence-electron chi connectivity index (χ2n) is 5.78. The average Bonchev–Trinajstić information content (AvgIpc) is 2.39. The Morgan fingerprint density at radius 3 is 2.79 bits per heavy atom. The number of likely N-dealkylation sites (tertiary alicyclic amines) is 1. The number of nitrogens with zero attached hydrogens (tertiary/aromatic N) is 3. The van der Waals surface area contributed by atoms with E-state index in [-0.39, 0.29) is 11.6 Å². The second-order valence-corrected chi connectivity index (χ2v) is 5.78. The summed E-state index contributed by atoms with van der Waals surface area (Å²) >= 11 is 0. The Labute approximate surface area is 112 Å². The molecular weight excluding hydrogens is 242 g/mol. The van der Waals surface area contributed by atoms with Gasteiger partial charge in [-0.1, -0.05) is 6.07 Å². The zero-order chi connectivity index (χ0) is 13.6. The zero-order valence-corrected chi connectivity index (χ0v) is 11.4. The Morgan fingerprint density at radius 2 is 2.05 bits per heavy atom. The van der Waals surface area contributed by atoms with E-state index in [4.69, 9.17) is 0 Å². The summed E-state index contributed by atoms with van der Waals surface area (Å²) in [4.78, 5) is 27.5. The molecule has 1 aromatic rings. The Hall–Kier alpha value is -1.78. The van der Waals surface area contributed by atoms with Crippen LogP contribution in [0.4, 0.5) is 4.79 Å². The summed E-state index contributed by atoms with van der Waals surface area (Å²) in [5.74, 6) is 0.695. The maximum Gasteiger partial charge on any atom is 0.319 e. The van der Waals surface area contributed by atoms with Crippen molar-refractivity contribution in [3.63, 3.8) is 0 Å². The molecule has 5 nitrogen and oxygen atoms in total. The molecule has 2 aliphatic rings. The first kappa shape index (κ1) is 12.3. The predicted molar refractivity (Wildman–Crippen MR) is 72.2 cm³/mol. The third kappa shape index (κ3) is 2.03. The van der Waals surface area contributed by atoms with Crippen LogP contribution in [0.3, 0.4) is 0 Å². The number of aromatic nitrogens is 1. The maximum absolute atomic E-state index is 12.1. The first-order valence-corrected chi connectivity index (χ1v) is 6.72. The number of piperidine rings is 1. The fourth-order valence-electron chi connectivity index (χ4n) is 3.34. The van der Waals surface area contributed by atoms with Gasteiger partial charge in [-0.05, 0) is 18.4 Å². The van der Waals surface area contributed by atoms with Gasteiger partial charge < -0.3 is 14.4 Å². The Balaban J connectivity index is 1.92. The van der Waals surface area contributed by atoms with Gasteiger partial charge in [-0.15, -0.1) is 0 Å². The molecule has 0 radical (unpaired) electrons. The smallest absolute Gasteiger partial charge is 0.319 e. The number of urea groups is 1. The first-order chi connectivity index (χ1) is 9.06. The van der Waals surface area contributed by atoms with Gasteiger partial charge in [0.15, 0.2) is 0 Å². The molecule has 1 saturated heterocycles. The highest BCUT2D eigenvalue weighted by Gasteiger charge is 2.36. The SMILES string of the molecule is CN(C)C(=O)N1C[C@H]2C[C@@H](C1)c1cccc(=O)n1C2. The van der Waals surface area contributed by atoms with Gasteiger partial charge in [0.1, 0.15) is 0 Å². The predicted octanol–water partition coefficient (Wildman–Crippen LogP) is 0.949. The van der Waals surface area contributed by atoms with Gasteiger partial charge in [0, 0.05) is 51.4 Å². The van der Waals surface area contributed by atoms with Crippen molar-refractivity contribution in [2.75, 3.05) is 27.2 Å². The van der Waals surface area contributed by atoms with Gasteiger partial charge in [0.25, 0.3) is 5.56 Å². The zero-order valence-electron chi connectivity index (χ0n) is 11.4. The largest absolute Gasteiger partial charge is 0.331 e. The lowest BCUT2D eigenvalue weighted by Crippen LogP contribution is -2.51. The van der Waals surface area contributed by atoms with E-state index < -0.39 is 0 Å². The lowest BCUT2D eigenvalue weighted by molar-refractivity contribution is 0.115. The van der Waals surface area contributed by atoms with Crippen LogP contribution in [0.2, 0.25) is 0 Å². The van der Waals surface area contributed by atoms with Crippen molar-refractivity contribution in [3.8, 4) is 0 Å². The third-order valence-corrected chi connectivity index (χ3v) is 4.13. The van der Waals surface area contributed by atoms with Crippen LogP contribution in [-0.4, -0.2) is 47.6 Å². The van der Waals surface area contributed by atoms with Gasteiger partial charge in [-0.25, -0.2) is 4.79 Å². The quantitative estimate of drug-likeness (QED) is 0.698. The standard InChI is InChI=1S/C14H19N3O2/c1-15(2)14(19)16-7-10-6-11(9-16)12-4-3-5-13(18)17(12)8-10/h3-5,10-11H,6-9H2,1-2H3/t10-,11+/m1/s1. The lowest BCUT2D eigenvalue weighted by Gasteiger charge is -2.43. The molecule has 3 heterocycles. The van der Waals surface area contributed by atoms with Crippen LogP contribution in [0.15, 0.2) is 23.0 Å². The molecule has 0 aromatic carbocycles. The van der Waals surface area contributed by atoms with E-state index in [1.807, 2.05) is 21.6 Å². The van der Waals surface area contributed by atoms with Gasteiger partial charge >= 0.3 is 6.03 Å². The van der Waals surface area contributed by atoms with Crippen LogP contribution in [0.5, 0.6) is 0 Å². The normalized spacial score (nSPS) is 24.8. The highest BCUT2D eigenvalue weighted by molar-refractivity contribution is 5.74. The summed E-state index contributed by atoms with van der Waals surface area (Å²) in [7, 11) is 3.57. The molecule has 1 aromatic heterocycles. The monoisotopic (exact) mass is 261 g/mol. The lowest BCUT2D eigenvalue weighted by atomic mass is 9.83. The minimum absolute atomic E-state index is 0.0708. The van der Waals surface area contributed by atoms with E-state index in [2.05, 4.69) is 0 Å². The molecular formula is C14H19N3O2. The fourth-order valence-corrected chi connectivity index (χ4v) is 3.34. The molecule has 2 aliphatic heterocycles. The van der Waals surface area contributed by atoms with Crippen LogP contribution in [-0.2, 0) is 6.54 Å². The number of rotatable bonds is 0. The molecule has 0 N–H and O–H groups in total. The Morgan fingerprint density at radius 1 is 1.26 bits per heavy atom. The van der Waals surface area contributed by atoms with Gasteiger partial charge in [0.05, 0.1) is 0 Å². The number of hydrogen-bond donors (Lipinski definition) is 0. The number of fused-ring (bicyclic) bond motifs is 4. The molecule has 0 spiro atoms. The first-order valence-electron chi connectivity index (χ1n) is 6.72. The highest BCUT2D eigenvalue weighted by Crippen LogP contribution is 2.35. The maximum atomic E-state index is 12.1. The van der Waals surface area contributed by atoms with Gasteiger partial charge in [-0.2, -0.15) is 0 Å². The summed E-state index contributed by atoms with van der Waals surface area (Å²) in [6, 6.07) is 5.53. The van der Waals surface area contributed by atoms with E-state index in [9.17, 15) is 9.59 Å². The van der Waals surface area contributed by atoms with Crippen molar-refractivity contribution in [2.24, 2.45) is 5.92 Å². The average molecular weight is 261 g/mol. The molecule has 19 heavy (non-hydrogen) atoms. The number of carbonyl (C=O) groups is 1. The molecule has 2 atom stereocenters. The van der Waals surface area contributed by atoms with Gasteiger partial charge in [0.2, 0.25) is 0 Å². The summed E-state index contributed by atoms with van der Waals surface area (Å²) in [5, 5.41) is 0. The summed E-state index contributed by atoms with van der Waals surface area (Å²) in [6.07, 6.45) is 1.08. The number of carbonyl (C=O) groups excluding carboxylic acids is 1. The number of hydrogen-bond acceptors (Lipinski definition) is 2. The fraction of sp³-hybridized carbons (Fsp3) is 0.571. The van der Waals surface area contributed by atoms with Crippen molar-refractivity contribution in [3.05, 3.63) is 34.2 Å². The van der Waals surface area contributed by atoms with Crippen LogP contribution in [0.1, 0.15) is 18.0 Å². The van der Waals surface area contributed by atoms with Crippen molar-refractivity contribution >= 4 is 6.03 Å². The minimum Gasteiger partial charge on any atom is -0.331 e.